The van der Waals surface area contributed by atoms with Crippen LogP contribution in [0.1, 0.15) is 13.3 Å². The molecule has 14 heavy (non-hydrogen) atoms. The Morgan fingerprint density at radius 3 is 3.07 bits per heavy atom. The highest BCUT2D eigenvalue weighted by molar-refractivity contribution is 5.64. The van der Waals surface area contributed by atoms with E-state index in [2.05, 4.69) is 16.9 Å². The first-order valence-electron chi connectivity index (χ1n) is 4.46. The Morgan fingerprint density at radius 1 is 1.71 bits per heavy atom. The highest BCUT2D eigenvalue weighted by atomic mass is 16.1. The SMILES string of the molecule is C=C(C)CCNc1cc[nH]c(=O)c1N. The van der Waals surface area contributed by atoms with Gasteiger partial charge in [0.05, 0.1) is 5.69 Å². The second kappa shape index (κ2) is 4.50. The topological polar surface area (TPSA) is 70.9 Å². The fourth-order valence-electron chi connectivity index (χ4n) is 1.06. The van der Waals surface area contributed by atoms with Crippen molar-refractivity contribution in [3.63, 3.8) is 0 Å². The third-order valence-corrected chi connectivity index (χ3v) is 1.87. The molecular formula is C10H15N3O. The fraction of sp³-hybridized carbons (Fsp3) is 0.300. The van der Waals surface area contributed by atoms with Gasteiger partial charge in [0.25, 0.3) is 5.56 Å². The molecule has 0 saturated heterocycles. The molecule has 0 bridgehead atoms. The van der Waals surface area contributed by atoms with Gasteiger partial charge in [0.2, 0.25) is 0 Å². The Morgan fingerprint density at radius 2 is 2.43 bits per heavy atom. The molecule has 0 saturated carbocycles. The molecule has 0 aliphatic carbocycles. The van der Waals surface area contributed by atoms with E-state index in [0.29, 0.717) is 5.69 Å². The number of aromatic nitrogens is 1. The van der Waals surface area contributed by atoms with Crippen LogP contribution in [0.5, 0.6) is 0 Å². The van der Waals surface area contributed by atoms with Gasteiger partial charge in [-0.1, -0.05) is 5.57 Å². The molecule has 0 unspecified atom stereocenters. The van der Waals surface area contributed by atoms with Crippen LogP contribution in [0.25, 0.3) is 0 Å². The van der Waals surface area contributed by atoms with Crippen LogP contribution < -0.4 is 16.6 Å². The maximum atomic E-state index is 11.1. The lowest BCUT2D eigenvalue weighted by molar-refractivity contribution is 1.00. The second-order valence-electron chi connectivity index (χ2n) is 3.27. The van der Waals surface area contributed by atoms with E-state index >= 15 is 0 Å². The molecule has 76 valence electrons. The molecule has 0 aliphatic rings. The summed E-state index contributed by atoms with van der Waals surface area (Å²) in [4.78, 5) is 13.6. The lowest BCUT2D eigenvalue weighted by atomic mass is 10.2. The summed E-state index contributed by atoms with van der Waals surface area (Å²) in [6.45, 7) is 6.49. The fourth-order valence-corrected chi connectivity index (χ4v) is 1.06. The van der Waals surface area contributed by atoms with Crippen molar-refractivity contribution < 1.29 is 0 Å². The van der Waals surface area contributed by atoms with Crippen molar-refractivity contribution in [1.29, 1.82) is 0 Å². The Labute approximate surface area is 82.8 Å². The van der Waals surface area contributed by atoms with Crippen molar-refractivity contribution in [1.82, 2.24) is 4.98 Å². The molecule has 4 N–H and O–H groups in total. The Balaban J connectivity index is 2.63. The molecule has 0 atom stereocenters. The summed E-state index contributed by atoms with van der Waals surface area (Å²) in [7, 11) is 0. The molecule has 4 heteroatoms. The number of pyridine rings is 1. The van der Waals surface area contributed by atoms with Crippen molar-refractivity contribution in [3.05, 3.63) is 34.8 Å². The van der Waals surface area contributed by atoms with Gasteiger partial charge in [0.1, 0.15) is 5.69 Å². The average Bonchev–Trinajstić information content (AvgIpc) is 2.12. The second-order valence-corrected chi connectivity index (χ2v) is 3.27. The Bertz CT molecular complexity index is 381. The largest absolute Gasteiger partial charge is 0.393 e. The highest BCUT2D eigenvalue weighted by Crippen LogP contribution is 2.11. The van der Waals surface area contributed by atoms with Crippen LogP contribution in [0.2, 0.25) is 0 Å². The normalized spacial score (nSPS) is 9.79. The number of H-pyrrole nitrogens is 1. The van der Waals surface area contributed by atoms with Crippen LogP contribution in [0.3, 0.4) is 0 Å². The van der Waals surface area contributed by atoms with E-state index in [0.717, 1.165) is 18.5 Å². The zero-order chi connectivity index (χ0) is 10.6. The maximum Gasteiger partial charge on any atom is 0.273 e. The number of hydrogen-bond acceptors (Lipinski definition) is 3. The number of nitrogen functional groups attached to an aromatic ring is 1. The van der Waals surface area contributed by atoms with Gasteiger partial charge >= 0.3 is 0 Å². The first kappa shape index (κ1) is 10.4. The van der Waals surface area contributed by atoms with Crippen LogP contribution >= 0.6 is 0 Å². The summed E-state index contributed by atoms with van der Waals surface area (Å²) in [6, 6.07) is 1.75. The van der Waals surface area contributed by atoms with Crippen LogP contribution in [0.15, 0.2) is 29.2 Å². The molecule has 0 aromatic carbocycles. The van der Waals surface area contributed by atoms with Crippen molar-refractivity contribution in [2.45, 2.75) is 13.3 Å². The number of hydrogen-bond donors (Lipinski definition) is 3. The summed E-state index contributed by atoms with van der Waals surface area (Å²) in [6.07, 6.45) is 2.44. The van der Waals surface area contributed by atoms with E-state index in [1.807, 2.05) is 6.92 Å². The molecule has 0 aliphatic heterocycles. The van der Waals surface area contributed by atoms with Gasteiger partial charge in [-0.3, -0.25) is 4.79 Å². The van der Waals surface area contributed by atoms with Gasteiger partial charge in [-0.25, -0.2) is 0 Å². The summed E-state index contributed by atoms with van der Waals surface area (Å²) in [5.41, 5.74) is 7.32. The molecule has 1 aromatic heterocycles. The lowest BCUT2D eigenvalue weighted by Crippen LogP contribution is -2.14. The van der Waals surface area contributed by atoms with Gasteiger partial charge in [0, 0.05) is 12.7 Å². The highest BCUT2D eigenvalue weighted by Gasteiger charge is 2.00. The molecule has 1 heterocycles. The number of nitrogens with two attached hydrogens (primary N) is 1. The van der Waals surface area contributed by atoms with E-state index in [1.54, 1.807) is 12.3 Å². The number of aromatic amines is 1. The predicted octanol–water partition coefficient (Wildman–Crippen LogP) is 1.34. The zero-order valence-electron chi connectivity index (χ0n) is 8.26. The monoisotopic (exact) mass is 193 g/mol. The molecule has 1 aromatic rings. The minimum atomic E-state index is -0.259. The van der Waals surface area contributed by atoms with Crippen molar-refractivity contribution in [2.24, 2.45) is 0 Å². The molecule has 0 fully saturated rings. The van der Waals surface area contributed by atoms with Gasteiger partial charge in [-0.15, -0.1) is 6.58 Å². The summed E-state index contributed by atoms with van der Waals surface area (Å²) in [5, 5.41) is 3.08. The standard InChI is InChI=1S/C10H15N3O/c1-7(2)3-5-12-8-4-6-13-10(14)9(8)11/h4,6H,1,3,5,11H2,2H3,(H2,12,13,14). The number of anilines is 2. The summed E-state index contributed by atoms with van der Waals surface area (Å²) in [5.74, 6) is 0. The average molecular weight is 193 g/mol. The number of rotatable bonds is 4. The number of nitrogens with one attached hydrogen (secondary N) is 2. The third kappa shape index (κ3) is 2.65. The molecule has 4 nitrogen and oxygen atoms in total. The lowest BCUT2D eigenvalue weighted by Gasteiger charge is -2.07. The van der Waals surface area contributed by atoms with Gasteiger partial charge < -0.3 is 16.0 Å². The van der Waals surface area contributed by atoms with Gasteiger partial charge in [-0.05, 0) is 19.4 Å². The third-order valence-electron chi connectivity index (χ3n) is 1.87. The van der Waals surface area contributed by atoms with E-state index in [4.69, 9.17) is 5.73 Å². The molecule has 0 amide bonds. The molecule has 0 radical (unpaired) electrons. The van der Waals surface area contributed by atoms with Crippen LogP contribution in [0, 0.1) is 0 Å². The minimum Gasteiger partial charge on any atom is -0.393 e. The van der Waals surface area contributed by atoms with Gasteiger partial charge in [-0.2, -0.15) is 0 Å². The van der Waals surface area contributed by atoms with Crippen molar-refractivity contribution >= 4 is 11.4 Å². The first-order valence-corrected chi connectivity index (χ1v) is 4.46. The quantitative estimate of drug-likeness (QED) is 0.632. The molecule has 1 rings (SSSR count). The molecule has 0 spiro atoms. The zero-order valence-corrected chi connectivity index (χ0v) is 8.26. The van der Waals surface area contributed by atoms with Crippen LogP contribution in [-0.4, -0.2) is 11.5 Å². The minimum absolute atomic E-state index is 0.231. The van der Waals surface area contributed by atoms with E-state index < -0.39 is 0 Å². The smallest absolute Gasteiger partial charge is 0.273 e. The first-order chi connectivity index (χ1) is 6.61. The summed E-state index contributed by atoms with van der Waals surface area (Å²) >= 11 is 0. The maximum absolute atomic E-state index is 11.1. The van der Waals surface area contributed by atoms with E-state index in [9.17, 15) is 4.79 Å². The van der Waals surface area contributed by atoms with E-state index in [-0.39, 0.29) is 11.2 Å². The van der Waals surface area contributed by atoms with E-state index in [1.165, 1.54) is 0 Å². The van der Waals surface area contributed by atoms with Crippen molar-refractivity contribution in [3.8, 4) is 0 Å². The van der Waals surface area contributed by atoms with Crippen molar-refractivity contribution in [2.75, 3.05) is 17.6 Å². The predicted molar refractivity (Wildman–Crippen MR) is 59.4 cm³/mol. The van der Waals surface area contributed by atoms with Gasteiger partial charge in [0.15, 0.2) is 0 Å². The van der Waals surface area contributed by atoms with Crippen LogP contribution in [0.4, 0.5) is 11.4 Å². The molecular weight excluding hydrogens is 178 g/mol. The Hall–Kier alpha value is -1.71. The Kier molecular flexibility index (Phi) is 3.34. The summed E-state index contributed by atoms with van der Waals surface area (Å²) < 4.78 is 0. The van der Waals surface area contributed by atoms with Crippen LogP contribution in [-0.2, 0) is 0 Å².